The number of para-hydroxylation sites is 1. The van der Waals surface area contributed by atoms with E-state index in [0.717, 1.165) is 17.1 Å². The van der Waals surface area contributed by atoms with Gasteiger partial charge in [0.2, 0.25) is 0 Å². The molecule has 1 heterocycles. The summed E-state index contributed by atoms with van der Waals surface area (Å²) in [5, 5.41) is 3.75. The van der Waals surface area contributed by atoms with Crippen molar-refractivity contribution in [3.05, 3.63) is 41.7 Å². The fourth-order valence-electron chi connectivity index (χ4n) is 1.18. The maximum Gasteiger partial charge on any atom is 0.259 e. The van der Waals surface area contributed by atoms with Gasteiger partial charge in [-0.25, -0.2) is 0 Å². The molecule has 3 heteroatoms. The van der Waals surface area contributed by atoms with E-state index in [9.17, 15) is 0 Å². The molecule has 3 nitrogen and oxygen atoms in total. The van der Waals surface area contributed by atoms with Crippen LogP contribution in [0.1, 0.15) is 11.3 Å². The van der Waals surface area contributed by atoms with Crippen LogP contribution >= 0.6 is 0 Å². The smallest absolute Gasteiger partial charge is 0.259 e. The van der Waals surface area contributed by atoms with Crippen molar-refractivity contribution in [2.75, 3.05) is 0 Å². The summed E-state index contributed by atoms with van der Waals surface area (Å²) >= 11 is 0. The molecule has 0 spiro atoms. The fraction of sp³-hybridized carbons (Fsp3) is 0.182. The molecule has 72 valence electrons. The molecule has 2 aromatic rings. The first kappa shape index (κ1) is 8.81. The molecule has 1 aromatic heterocycles. The first-order valence-corrected chi connectivity index (χ1v) is 4.42. The van der Waals surface area contributed by atoms with Crippen LogP contribution in [0.25, 0.3) is 0 Å². The fourth-order valence-corrected chi connectivity index (χ4v) is 1.18. The van der Waals surface area contributed by atoms with Gasteiger partial charge in [-0.3, -0.25) is 0 Å². The van der Waals surface area contributed by atoms with Crippen molar-refractivity contribution in [2.24, 2.45) is 0 Å². The Labute approximate surface area is 82.3 Å². The molecule has 0 fully saturated rings. The predicted octanol–water partition coefficient (Wildman–Crippen LogP) is 3.08. The summed E-state index contributed by atoms with van der Waals surface area (Å²) in [6.07, 6.45) is 0. The Kier molecular flexibility index (Phi) is 2.23. The van der Waals surface area contributed by atoms with Gasteiger partial charge < -0.3 is 9.26 Å². The van der Waals surface area contributed by atoms with Gasteiger partial charge >= 0.3 is 0 Å². The Morgan fingerprint density at radius 1 is 1.21 bits per heavy atom. The number of hydrogen-bond donors (Lipinski definition) is 0. The Morgan fingerprint density at radius 2 is 2.00 bits per heavy atom. The molecule has 0 aliphatic heterocycles. The quantitative estimate of drug-likeness (QED) is 0.728. The second kappa shape index (κ2) is 3.54. The molecule has 0 saturated heterocycles. The summed E-state index contributed by atoms with van der Waals surface area (Å²) in [5.41, 5.74) is 1.08. The largest absolute Gasteiger partial charge is 0.436 e. The number of aromatic nitrogens is 1. The van der Waals surface area contributed by atoms with E-state index in [4.69, 9.17) is 9.26 Å². The molecule has 0 saturated carbocycles. The standard InChI is InChI=1S/C11H11NO2/c1-8-5-3-4-6-10(8)13-11-7-9(2)14-12-11/h3-7H,1-2H3. The number of hydrogen-bond acceptors (Lipinski definition) is 3. The lowest BCUT2D eigenvalue weighted by Crippen LogP contribution is -1.86. The highest BCUT2D eigenvalue weighted by atomic mass is 16.5. The lowest BCUT2D eigenvalue weighted by atomic mass is 10.2. The van der Waals surface area contributed by atoms with E-state index < -0.39 is 0 Å². The molecular formula is C11H11NO2. The van der Waals surface area contributed by atoms with E-state index in [1.54, 1.807) is 6.07 Å². The average Bonchev–Trinajstić information content (AvgIpc) is 2.56. The topological polar surface area (TPSA) is 35.3 Å². The van der Waals surface area contributed by atoms with E-state index in [2.05, 4.69) is 5.16 Å². The zero-order valence-electron chi connectivity index (χ0n) is 8.15. The molecule has 14 heavy (non-hydrogen) atoms. The van der Waals surface area contributed by atoms with Crippen LogP contribution in [0.15, 0.2) is 34.9 Å². The second-order valence-corrected chi connectivity index (χ2v) is 3.14. The van der Waals surface area contributed by atoms with Crippen molar-refractivity contribution in [1.29, 1.82) is 0 Å². The van der Waals surface area contributed by atoms with Gasteiger partial charge in [0.25, 0.3) is 5.88 Å². The van der Waals surface area contributed by atoms with Gasteiger partial charge in [-0.1, -0.05) is 18.2 Å². The van der Waals surface area contributed by atoms with E-state index in [1.807, 2.05) is 38.1 Å². The van der Waals surface area contributed by atoms with Crippen molar-refractivity contribution in [1.82, 2.24) is 5.16 Å². The third-order valence-electron chi connectivity index (χ3n) is 1.91. The number of ether oxygens (including phenoxy) is 1. The third kappa shape index (κ3) is 1.76. The summed E-state index contributed by atoms with van der Waals surface area (Å²) in [7, 11) is 0. The highest BCUT2D eigenvalue weighted by Gasteiger charge is 2.04. The van der Waals surface area contributed by atoms with E-state index in [1.165, 1.54) is 0 Å². The summed E-state index contributed by atoms with van der Waals surface area (Å²) in [6, 6.07) is 9.54. The number of benzene rings is 1. The first-order chi connectivity index (χ1) is 6.75. The van der Waals surface area contributed by atoms with Crippen LogP contribution in [-0.2, 0) is 0 Å². The van der Waals surface area contributed by atoms with Crippen LogP contribution in [0.3, 0.4) is 0 Å². The molecule has 0 radical (unpaired) electrons. The van der Waals surface area contributed by atoms with Crippen LogP contribution in [-0.4, -0.2) is 5.16 Å². The molecule has 0 N–H and O–H groups in total. The summed E-state index contributed by atoms with van der Waals surface area (Å²) < 4.78 is 10.4. The van der Waals surface area contributed by atoms with Gasteiger partial charge in [-0.05, 0) is 30.6 Å². The number of rotatable bonds is 2. The lowest BCUT2D eigenvalue weighted by molar-refractivity contribution is 0.354. The molecule has 2 rings (SSSR count). The number of nitrogens with zero attached hydrogens (tertiary/aromatic N) is 1. The van der Waals surface area contributed by atoms with Gasteiger partial charge in [-0.2, -0.15) is 0 Å². The van der Waals surface area contributed by atoms with Crippen molar-refractivity contribution in [3.8, 4) is 11.6 Å². The molecular weight excluding hydrogens is 178 g/mol. The van der Waals surface area contributed by atoms with Gasteiger partial charge in [-0.15, -0.1) is 0 Å². The van der Waals surface area contributed by atoms with Crippen LogP contribution in [0, 0.1) is 13.8 Å². The molecule has 0 bridgehead atoms. The highest BCUT2D eigenvalue weighted by Crippen LogP contribution is 2.23. The number of aryl methyl sites for hydroxylation is 2. The maximum atomic E-state index is 5.53. The van der Waals surface area contributed by atoms with Crippen molar-refractivity contribution < 1.29 is 9.26 Å². The minimum absolute atomic E-state index is 0.497. The molecule has 1 aromatic carbocycles. The first-order valence-electron chi connectivity index (χ1n) is 4.42. The Hall–Kier alpha value is -1.77. The Morgan fingerprint density at radius 3 is 2.64 bits per heavy atom. The van der Waals surface area contributed by atoms with Crippen LogP contribution in [0.2, 0.25) is 0 Å². The van der Waals surface area contributed by atoms with E-state index >= 15 is 0 Å². The SMILES string of the molecule is Cc1cc(Oc2ccccc2C)no1. The molecule has 0 unspecified atom stereocenters. The zero-order chi connectivity index (χ0) is 9.97. The predicted molar refractivity (Wildman–Crippen MR) is 52.5 cm³/mol. The average molecular weight is 189 g/mol. The normalized spacial score (nSPS) is 10.1. The minimum atomic E-state index is 0.497. The molecule has 0 atom stereocenters. The van der Waals surface area contributed by atoms with Crippen molar-refractivity contribution >= 4 is 0 Å². The van der Waals surface area contributed by atoms with E-state index in [0.29, 0.717) is 5.88 Å². The minimum Gasteiger partial charge on any atom is -0.436 e. The van der Waals surface area contributed by atoms with Gasteiger partial charge in [0.15, 0.2) is 0 Å². The maximum absolute atomic E-state index is 5.53. The van der Waals surface area contributed by atoms with Crippen molar-refractivity contribution in [3.63, 3.8) is 0 Å². The summed E-state index contributed by atoms with van der Waals surface area (Å²) in [5.74, 6) is 2.05. The molecule has 0 amide bonds. The summed E-state index contributed by atoms with van der Waals surface area (Å²) in [6.45, 7) is 3.82. The monoisotopic (exact) mass is 189 g/mol. The van der Waals surface area contributed by atoms with Crippen molar-refractivity contribution in [2.45, 2.75) is 13.8 Å². The van der Waals surface area contributed by atoms with E-state index in [-0.39, 0.29) is 0 Å². The van der Waals surface area contributed by atoms with Gasteiger partial charge in [0.05, 0.1) is 0 Å². The summed E-state index contributed by atoms with van der Waals surface area (Å²) in [4.78, 5) is 0. The molecule has 0 aliphatic carbocycles. The second-order valence-electron chi connectivity index (χ2n) is 3.14. The van der Waals surface area contributed by atoms with Gasteiger partial charge in [0.1, 0.15) is 11.5 Å². The van der Waals surface area contributed by atoms with Crippen LogP contribution in [0.4, 0.5) is 0 Å². The third-order valence-corrected chi connectivity index (χ3v) is 1.91. The zero-order valence-corrected chi connectivity index (χ0v) is 8.15. The highest BCUT2D eigenvalue weighted by molar-refractivity contribution is 5.34. The lowest BCUT2D eigenvalue weighted by Gasteiger charge is -2.03. The van der Waals surface area contributed by atoms with Crippen LogP contribution < -0.4 is 4.74 Å². The Balaban J connectivity index is 2.23. The molecule has 0 aliphatic rings. The Bertz CT molecular complexity index is 434. The van der Waals surface area contributed by atoms with Crippen LogP contribution in [0.5, 0.6) is 11.6 Å². The van der Waals surface area contributed by atoms with Gasteiger partial charge in [0, 0.05) is 6.07 Å².